The van der Waals surface area contributed by atoms with Gasteiger partial charge in [-0.1, -0.05) is 6.07 Å². The maximum Gasteiger partial charge on any atom is 0.293 e. The minimum absolute atomic E-state index is 0.0430. The summed E-state index contributed by atoms with van der Waals surface area (Å²) < 4.78 is 1.66. The van der Waals surface area contributed by atoms with E-state index in [1.807, 2.05) is 12.1 Å². The van der Waals surface area contributed by atoms with Crippen molar-refractivity contribution in [1.29, 1.82) is 0 Å². The van der Waals surface area contributed by atoms with Crippen molar-refractivity contribution in [2.45, 2.75) is 24.9 Å². The van der Waals surface area contributed by atoms with Crippen LogP contribution in [0.5, 0.6) is 5.75 Å². The number of aromatic nitrogens is 2. The van der Waals surface area contributed by atoms with Gasteiger partial charge in [0.15, 0.2) is 5.82 Å². The van der Waals surface area contributed by atoms with Gasteiger partial charge in [-0.2, -0.15) is 0 Å². The van der Waals surface area contributed by atoms with Crippen LogP contribution in [0.1, 0.15) is 30.5 Å². The molecule has 0 spiro atoms. The lowest BCUT2D eigenvalue weighted by molar-refractivity contribution is 0.364. The van der Waals surface area contributed by atoms with Crippen LogP contribution < -0.4 is 27.2 Å². The first-order valence-electron chi connectivity index (χ1n) is 9.00. The van der Waals surface area contributed by atoms with Crippen LogP contribution in [-0.2, 0) is 0 Å². The molecule has 2 fully saturated rings. The van der Waals surface area contributed by atoms with E-state index in [1.165, 1.54) is 0 Å². The Kier molecular flexibility index (Phi) is 4.62. The molecule has 3 heterocycles. The fourth-order valence-electron chi connectivity index (χ4n) is 3.70. The van der Waals surface area contributed by atoms with Crippen LogP contribution in [0.4, 0.5) is 5.82 Å². The monoisotopic (exact) mass is 356 g/mol. The lowest BCUT2D eigenvalue weighted by Gasteiger charge is -2.25. The smallest absolute Gasteiger partial charge is 0.293 e. The Morgan fingerprint density at radius 1 is 1.27 bits per heavy atom. The normalized spacial score (nSPS) is 23.2. The molecule has 1 aromatic heterocycles. The van der Waals surface area contributed by atoms with E-state index in [2.05, 4.69) is 20.9 Å². The Bertz CT molecular complexity index is 853. The second-order valence-electron chi connectivity index (χ2n) is 6.89. The highest BCUT2D eigenvalue weighted by atomic mass is 16.3. The standard InChI is InChI=1S/C18H24N6O2/c19-17-18(26)24(12-2-1-5-20-7-12)9-15(23-17)13-6-11(3-4-16(13)25)14-8-21-10-22-14/h3-4,6,9,12,14,20-22,25H,1-2,5,7-8,10H2,(H2,19,23). The first-order chi connectivity index (χ1) is 12.6. The maximum absolute atomic E-state index is 12.5. The fraction of sp³-hybridized carbons (Fsp3) is 0.444. The molecule has 2 unspecified atom stereocenters. The third-order valence-electron chi connectivity index (χ3n) is 5.14. The number of hydrogen-bond acceptors (Lipinski definition) is 7. The molecule has 138 valence electrons. The van der Waals surface area contributed by atoms with Crippen molar-refractivity contribution < 1.29 is 5.11 Å². The van der Waals surface area contributed by atoms with Crippen LogP contribution in [0.3, 0.4) is 0 Å². The number of aromatic hydroxyl groups is 1. The number of nitrogen functional groups attached to an aromatic ring is 1. The van der Waals surface area contributed by atoms with Crippen LogP contribution in [-0.4, -0.2) is 41.0 Å². The zero-order valence-corrected chi connectivity index (χ0v) is 14.5. The van der Waals surface area contributed by atoms with Crippen LogP contribution in [0, 0.1) is 0 Å². The Morgan fingerprint density at radius 2 is 2.15 bits per heavy atom. The maximum atomic E-state index is 12.5. The zero-order chi connectivity index (χ0) is 18.1. The Labute approximate surface area is 151 Å². The molecule has 0 radical (unpaired) electrons. The van der Waals surface area contributed by atoms with E-state index in [0.29, 0.717) is 11.3 Å². The van der Waals surface area contributed by atoms with Gasteiger partial charge in [0, 0.05) is 43.6 Å². The number of rotatable bonds is 3. The molecule has 26 heavy (non-hydrogen) atoms. The first-order valence-corrected chi connectivity index (χ1v) is 9.00. The van der Waals surface area contributed by atoms with Crippen molar-refractivity contribution in [2.24, 2.45) is 0 Å². The van der Waals surface area contributed by atoms with Gasteiger partial charge in [0.05, 0.1) is 5.69 Å². The summed E-state index contributed by atoms with van der Waals surface area (Å²) in [5.74, 6) is 0.0807. The summed E-state index contributed by atoms with van der Waals surface area (Å²) in [5.41, 5.74) is 7.78. The van der Waals surface area contributed by atoms with Gasteiger partial charge in [-0.15, -0.1) is 0 Å². The van der Waals surface area contributed by atoms with E-state index in [1.54, 1.807) is 16.8 Å². The van der Waals surface area contributed by atoms with Gasteiger partial charge in [0.25, 0.3) is 5.56 Å². The third-order valence-corrected chi connectivity index (χ3v) is 5.14. The van der Waals surface area contributed by atoms with Crippen LogP contribution >= 0.6 is 0 Å². The SMILES string of the molecule is Nc1nc(-c2cc(C3CNCN3)ccc2O)cn(C2CCCNC2)c1=O. The van der Waals surface area contributed by atoms with Crippen molar-refractivity contribution in [3.05, 3.63) is 40.3 Å². The molecule has 0 amide bonds. The van der Waals surface area contributed by atoms with Gasteiger partial charge in [0.1, 0.15) is 5.75 Å². The predicted molar refractivity (Wildman–Crippen MR) is 99.9 cm³/mol. The quantitative estimate of drug-likeness (QED) is 0.537. The van der Waals surface area contributed by atoms with Crippen LogP contribution in [0.2, 0.25) is 0 Å². The molecule has 8 heteroatoms. The van der Waals surface area contributed by atoms with E-state index in [4.69, 9.17) is 5.73 Å². The predicted octanol–water partition coefficient (Wildman–Crippen LogP) is 0.314. The number of nitrogens with two attached hydrogens (primary N) is 1. The van der Waals surface area contributed by atoms with E-state index in [0.717, 1.165) is 44.7 Å². The highest BCUT2D eigenvalue weighted by Crippen LogP contribution is 2.31. The van der Waals surface area contributed by atoms with Gasteiger partial charge in [0.2, 0.25) is 0 Å². The summed E-state index contributed by atoms with van der Waals surface area (Å²) >= 11 is 0. The molecule has 4 rings (SSSR count). The summed E-state index contributed by atoms with van der Waals surface area (Å²) in [5, 5.41) is 20.3. The molecule has 8 nitrogen and oxygen atoms in total. The number of phenolic OH excluding ortho intramolecular Hbond substituents is 1. The molecule has 2 saturated heterocycles. The Hall–Kier alpha value is -2.42. The number of phenols is 1. The highest BCUT2D eigenvalue weighted by Gasteiger charge is 2.21. The summed E-state index contributed by atoms with van der Waals surface area (Å²) in [7, 11) is 0. The van der Waals surface area contributed by atoms with Gasteiger partial charge < -0.3 is 26.0 Å². The Morgan fingerprint density at radius 3 is 2.88 bits per heavy atom. The summed E-state index contributed by atoms with van der Waals surface area (Å²) in [6, 6.07) is 5.70. The molecule has 6 N–H and O–H groups in total. The molecule has 1 aromatic carbocycles. The summed E-state index contributed by atoms with van der Waals surface area (Å²) in [6.45, 7) is 3.27. The van der Waals surface area contributed by atoms with Crippen molar-refractivity contribution in [1.82, 2.24) is 25.5 Å². The van der Waals surface area contributed by atoms with Crippen LogP contribution in [0.25, 0.3) is 11.3 Å². The summed E-state index contributed by atoms with van der Waals surface area (Å²) in [4.78, 5) is 16.7. The topological polar surface area (TPSA) is 117 Å². The fourth-order valence-corrected chi connectivity index (χ4v) is 3.70. The van der Waals surface area contributed by atoms with Gasteiger partial charge >= 0.3 is 0 Å². The average molecular weight is 356 g/mol. The Balaban J connectivity index is 1.76. The second-order valence-corrected chi connectivity index (χ2v) is 6.89. The van der Waals surface area contributed by atoms with Crippen molar-refractivity contribution in [2.75, 3.05) is 32.0 Å². The van der Waals surface area contributed by atoms with Gasteiger partial charge in [-0.3, -0.25) is 10.1 Å². The molecule has 2 aliphatic heterocycles. The number of hydrogen-bond donors (Lipinski definition) is 5. The van der Waals surface area contributed by atoms with Crippen LogP contribution in [0.15, 0.2) is 29.2 Å². The van der Waals surface area contributed by atoms with E-state index >= 15 is 0 Å². The van der Waals surface area contributed by atoms with Crippen molar-refractivity contribution in [3.63, 3.8) is 0 Å². The molecule has 0 saturated carbocycles. The number of anilines is 1. The molecular weight excluding hydrogens is 332 g/mol. The molecule has 0 aliphatic carbocycles. The van der Waals surface area contributed by atoms with Gasteiger partial charge in [-0.05, 0) is 37.1 Å². The minimum Gasteiger partial charge on any atom is -0.507 e. The molecular formula is C18H24N6O2. The molecule has 2 aromatic rings. The van der Waals surface area contributed by atoms with Crippen molar-refractivity contribution >= 4 is 5.82 Å². The number of benzene rings is 1. The minimum atomic E-state index is -0.278. The average Bonchev–Trinajstić information content (AvgIpc) is 3.20. The highest BCUT2D eigenvalue weighted by molar-refractivity contribution is 5.68. The second kappa shape index (κ2) is 7.06. The largest absolute Gasteiger partial charge is 0.507 e. The lowest BCUT2D eigenvalue weighted by Crippen LogP contribution is -2.37. The zero-order valence-electron chi connectivity index (χ0n) is 14.5. The third kappa shape index (κ3) is 3.18. The van der Waals surface area contributed by atoms with E-state index in [-0.39, 0.29) is 29.2 Å². The van der Waals surface area contributed by atoms with Gasteiger partial charge in [-0.25, -0.2) is 4.98 Å². The first kappa shape index (κ1) is 17.0. The van der Waals surface area contributed by atoms with E-state index in [9.17, 15) is 9.90 Å². The van der Waals surface area contributed by atoms with Crippen molar-refractivity contribution in [3.8, 4) is 17.0 Å². The number of nitrogens with zero attached hydrogens (tertiary/aromatic N) is 2. The van der Waals surface area contributed by atoms with E-state index < -0.39 is 0 Å². The number of piperidine rings is 1. The molecule has 2 aliphatic rings. The molecule has 2 atom stereocenters. The molecule has 0 bridgehead atoms. The lowest BCUT2D eigenvalue weighted by atomic mass is 10.0. The number of nitrogens with one attached hydrogen (secondary N) is 3. The summed E-state index contributed by atoms with van der Waals surface area (Å²) in [6.07, 6.45) is 3.64.